The molecule has 5 rings (SSSR count). The minimum atomic E-state index is -0.466. The van der Waals surface area contributed by atoms with Crippen LogP contribution in [0.25, 0.3) is 0 Å². The minimum absolute atomic E-state index is 0.0714. The summed E-state index contributed by atoms with van der Waals surface area (Å²) in [6, 6.07) is 1.84. The van der Waals surface area contributed by atoms with Gasteiger partial charge in [0.2, 0.25) is 5.91 Å². The normalized spacial score (nSPS) is 30.3. The van der Waals surface area contributed by atoms with E-state index in [1.807, 2.05) is 6.07 Å². The Morgan fingerprint density at radius 2 is 2.00 bits per heavy atom. The maximum Gasteiger partial charge on any atom is 0.269 e. The minimum Gasteiger partial charge on any atom is -0.365 e. The molecule has 3 aliphatic heterocycles. The average Bonchev–Trinajstić information content (AvgIpc) is 3.24. The van der Waals surface area contributed by atoms with Crippen LogP contribution >= 0.6 is 0 Å². The Kier molecular flexibility index (Phi) is 4.54. The Bertz CT molecular complexity index is 788. The topological polar surface area (TPSA) is 97.3 Å². The third kappa shape index (κ3) is 2.69. The first-order chi connectivity index (χ1) is 13.3. The summed E-state index contributed by atoms with van der Waals surface area (Å²) < 4.78 is 8.23. The number of rotatable bonds is 5. The van der Waals surface area contributed by atoms with Crippen LogP contribution in [0, 0.1) is 5.41 Å². The van der Waals surface area contributed by atoms with E-state index in [4.69, 9.17) is 4.74 Å². The highest BCUT2D eigenvalue weighted by molar-refractivity contribution is 5.93. The monoisotopic (exact) mass is 389 g/mol. The van der Waals surface area contributed by atoms with Gasteiger partial charge in [0.15, 0.2) is 0 Å². The number of nitrogens with one attached hydrogen (secondary N) is 3. The molecule has 3 N–H and O–H groups in total. The first kappa shape index (κ1) is 19.4. The second kappa shape index (κ2) is 6.56. The van der Waals surface area contributed by atoms with Crippen molar-refractivity contribution in [3.8, 4) is 0 Å². The number of carbonyl (C=O) groups is 2. The average molecular weight is 390 g/mol. The van der Waals surface area contributed by atoms with Gasteiger partial charge in [-0.05, 0) is 50.8 Å². The number of hydrogen-bond donors (Lipinski definition) is 3. The van der Waals surface area contributed by atoms with Crippen LogP contribution < -0.4 is 16.0 Å². The van der Waals surface area contributed by atoms with Gasteiger partial charge in [-0.3, -0.25) is 14.3 Å². The standard InChI is InChI=1S/C20H31N5O3/c1-13(2)14-9-15(25(4)24-14)16(26)23-12-18-10-19(11-18,17(27)21-3)20(28-18)5-7-22-8-6-20/h9,13,22H,5-8,10-12H2,1-4H3,(H,21,27)(H,23,26). The van der Waals surface area contributed by atoms with E-state index < -0.39 is 16.6 Å². The molecule has 1 spiro atoms. The molecule has 8 heteroatoms. The Morgan fingerprint density at radius 3 is 2.57 bits per heavy atom. The summed E-state index contributed by atoms with van der Waals surface area (Å²) in [6.07, 6.45) is 3.00. The van der Waals surface area contributed by atoms with E-state index in [9.17, 15) is 9.59 Å². The molecule has 2 amide bonds. The Morgan fingerprint density at radius 1 is 1.32 bits per heavy atom. The van der Waals surface area contributed by atoms with Crippen molar-refractivity contribution in [3.05, 3.63) is 17.5 Å². The second-order valence-corrected chi connectivity index (χ2v) is 8.96. The lowest BCUT2D eigenvalue weighted by atomic mass is 9.53. The van der Waals surface area contributed by atoms with Crippen LogP contribution in [0.2, 0.25) is 0 Å². The van der Waals surface area contributed by atoms with Gasteiger partial charge in [0.1, 0.15) is 5.69 Å². The molecular formula is C20H31N5O3. The number of aryl methyl sites for hydroxylation is 1. The van der Waals surface area contributed by atoms with Crippen molar-refractivity contribution in [2.75, 3.05) is 26.7 Å². The van der Waals surface area contributed by atoms with Gasteiger partial charge in [0.05, 0.1) is 22.3 Å². The predicted octanol–water partition coefficient (Wildman–Crippen LogP) is 0.691. The van der Waals surface area contributed by atoms with E-state index >= 15 is 0 Å². The van der Waals surface area contributed by atoms with Crippen molar-refractivity contribution in [2.45, 2.75) is 56.7 Å². The lowest BCUT2D eigenvalue weighted by Gasteiger charge is -2.47. The molecule has 1 aromatic heterocycles. The lowest BCUT2D eigenvalue weighted by Crippen LogP contribution is -2.61. The third-order valence-electron chi connectivity index (χ3n) is 6.90. The molecule has 28 heavy (non-hydrogen) atoms. The molecule has 4 heterocycles. The zero-order chi connectivity index (χ0) is 20.2. The van der Waals surface area contributed by atoms with Gasteiger partial charge in [-0.1, -0.05) is 13.8 Å². The van der Waals surface area contributed by atoms with Crippen LogP contribution in [-0.4, -0.2) is 59.5 Å². The maximum absolute atomic E-state index is 12.7. The smallest absolute Gasteiger partial charge is 0.269 e. The fourth-order valence-corrected chi connectivity index (χ4v) is 5.45. The summed E-state index contributed by atoms with van der Waals surface area (Å²) in [7, 11) is 3.48. The summed E-state index contributed by atoms with van der Waals surface area (Å²) in [5.74, 6) is 0.190. The third-order valence-corrected chi connectivity index (χ3v) is 6.90. The van der Waals surface area contributed by atoms with Crippen molar-refractivity contribution >= 4 is 11.8 Å². The van der Waals surface area contributed by atoms with Gasteiger partial charge in [-0.25, -0.2) is 0 Å². The van der Waals surface area contributed by atoms with E-state index in [1.54, 1.807) is 18.8 Å². The quantitative estimate of drug-likeness (QED) is 0.688. The first-order valence-corrected chi connectivity index (χ1v) is 10.2. The van der Waals surface area contributed by atoms with Crippen molar-refractivity contribution in [1.29, 1.82) is 0 Å². The summed E-state index contributed by atoms with van der Waals surface area (Å²) in [6.45, 7) is 6.24. The molecule has 0 unspecified atom stereocenters. The molecule has 1 aromatic rings. The number of nitrogens with zero attached hydrogens (tertiary/aromatic N) is 2. The van der Waals surface area contributed by atoms with Crippen molar-refractivity contribution in [3.63, 3.8) is 0 Å². The maximum atomic E-state index is 12.7. The molecule has 0 aromatic carbocycles. The summed E-state index contributed by atoms with van der Waals surface area (Å²) >= 11 is 0. The predicted molar refractivity (Wildman–Crippen MR) is 104 cm³/mol. The highest BCUT2D eigenvalue weighted by Crippen LogP contribution is 2.68. The van der Waals surface area contributed by atoms with Crippen LogP contribution in [0.3, 0.4) is 0 Å². The van der Waals surface area contributed by atoms with Crippen LogP contribution in [0.1, 0.15) is 61.6 Å². The molecule has 154 valence electrons. The van der Waals surface area contributed by atoms with Crippen molar-refractivity contribution in [1.82, 2.24) is 25.7 Å². The molecule has 8 nitrogen and oxygen atoms in total. The van der Waals surface area contributed by atoms with Crippen LogP contribution in [0.4, 0.5) is 0 Å². The molecular weight excluding hydrogens is 358 g/mol. The van der Waals surface area contributed by atoms with Gasteiger partial charge in [-0.2, -0.15) is 5.10 Å². The number of aromatic nitrogens is 2. The Labute approximate surface area is 165 Å². The van der Waals surface area contributed by atoms with Crippen molar-refractivity contribution < 1.29 is 14.3 Å². The molecule has 0 radical (unpaired) electrons. The van der Waals surface area contributed by atoms with Gasteiger partial charge in [0.25, 0.3) is 5.91 Å². The van der Waals surface area contributed by atoms with E-state index in [0.29, 0.717) is 25.1 Å². The molecule has 4 fully saturated rings. The zero-order valence-electron chi connectivity index (χ0n) is 17.2. The van der Waals surface area contributed by atoms with Crippen LogP contribution in [-0.2, 0) is 16.6 Å². The summed E-state index contributed by atoms with van der Waals surface area (Å²) in [5.41, 5.74) is 0.121. The number of piperidine rings is 1. The fourth-order valence-electron chi connectivity index (χ4n) is 5.45. The van der Waals surface area contributed by atoms with Gasteiger partial charge in [-0.15, -0.1) is 0 Å². The number of carbonyl (C=O) groups excluding carboxylic acids is 2. The van der Waals surface area contributed by atoms with Crippen molar-refractivity contribution in [2.24, 2.45) is 12.5 Å². The Balaban J connectivity index is 1.48. The number of amides is 2. The first-order valence-electron chi connectivity index (χ1n) is 10.2. The number of ether oxygens (including phenoxy) is 1. The van der Waals surface area contributed by atoms with E-state index in [-0.39, 0.29) is 17.7 Å². The highest BCUT2D eigenvalue weighted by atomic mass is 16.5. The van der Waals surface area contributed by atoms with Crippen LogP contribution in [0.5, 0.6) is 0 Å². The molecule has 3 saturated heterocycles. The SMILES string of the molecule is CNC(=O)C12CC(CNC(=O)c3cc(C(C)C)nn3C)(C1)OC21CCNCC1. The highest BCUT2D eigenvalue weighted by Gasteiger charge is 2.77. The summed E-state index contributed by atoms with van der Waals surface area (Å²) in [5, 5.41) is 13.7. The molecule has 4 aliphatic rings. The second-order valence-electron chi connectivity index (χ2n) is 8.96. The summed E-state index contributed by atoms with van der Waals surface area (Å²) in [4.78, 5) is 25.5. The number of hydrogen-bond acceptors (Lipinski definition) is 5. The molecule has 0 atom stereocenters. The van der Waals surface area contributed by atoms with Gasteiger partial charge in [0, 0.05) is 20.6 Å². The molecule has 2 bridgehead atoms. The van der Waals surface area contributed by atoms with E-state index in [2.05, 4.69) is 34.9 Å². The fraction of sp³-hybridized carbons (Fsp3) is 0.750. The Hall–Kier alpha value is -1.93. The zero-order valence-corrected chi connectivity index (χ0v) is 17.2. The molecule has 1 saturated carbocycles. The van der Waals surface area contributed by atoms with Gasteiger partial charge >= 0.3 is 0 Å². The lowest BCUT2D eigenvalue weighted by molar-refractivity contribution is -0.140. The largest absolute Gasteiger partial charge is 0.365 e. The molecule has 1 aliphatic carbocycles. The van der Waals surface area contributed by atoms with Crippen LogP contribution in [0.15, 0.2) is 6.07 Å². The van der Waals surface area contributed by atoms with E-state index in [0.717, 1.165) is 31.6 Å². The van der Waals surface area contributed by atoms with Gasteiger partial charge < -0.3 is 20.7 Å². The van der Waals surface area contributed by atoms with E-state index in [1.165, 1.54) is 0 Å².